The van der Waals surface area contributed by atoms with Crippen LogP contribution in [0.3, 0.4) is 0 Å². The van der Waals surface area contributed by atoms with E-state index in [2.05, 4.69) is 63.2 Å². The maximum Gasteiger partial charge on any atom is 0.0849 e. The van der Waals surface area contributed by atoms with Gasteiger partial charge in [0.2, 0.25) is 0 Å². The highest BCUT2D eigenvalue weighted by Crippen LogP contribution is 2.27. The van der Waals surface area contributed by atoms with Crippen molar-refractivity contribution in [2.45, 2.75) is 40.0 Å². The van der Waals surface area contributed by atoms with Crippen LogP contribution in [0, 0.1) is 0 Å². The first-order valence-corrected chi connectivity index (χ1v) is 11.0. The zero-order chi connectivity index (χ0) is 22.7. The molecule has 32 heavy (non-hydrogen) atoms. The highest BCUT2D eigenvalue weighted by molar-refractivity contribution is 6.04. The minimum absolute atomic E-state index is 0.133. The summed E-state index contributed by atoms with van der Waals surface area (Å²) in [6.07, 6.45) is 0. The second-order valence-electron chi connectivity index (χ2n) is 9.10. The van der Waals surface area contributed by atoms with Gasteiger partial charge in [-0.3, -0.25) is 9.98 Å². The fourth-order valence-electron chi connectivity index (χ4n) is 3.67. The fraction of sp³-hybridized carbons (Fsp3) is 0.207. The minimum Gasteiger partial charge on any atom is -0.252 e. The van der Waals surface area contributed by atoms with Crippen molar-refractivity contribution in [2.24, 2.45) is 9.98 Å². The molecule has 3 nitrogen and oxygen atoms in total. The van der Waals surface area contributed by atoms with Crippen LogP contribution in [-0.4, -0.2) is 16.4 Å². The maximum absolute atomic E-state index is 4.89. The van der Waals surface area contributed by atoms with Crippen LogP contribution in [0.4, 0.5) is 11.4 Å². The molecule has 0 bridgehead atoms. The third kappa shape index (κ3) is 4.83. The van der Waals surface area contributed by atoms with Gasteiger partial charge in [0.1, 0.15) is 0 Å². The molecule has 0 atom stereocenters. The Hall–Kier alpha value is -3.59. The molecular formula is C29H29N3. The molecule has 0 spiro atoms. The monoisotopic (exact) mass is 419 g/mol. The van der Waals surface area contributed by atoms with Crippen LogP contribution in [0.5, 0.6) is 0 Å². The zero-order valence-corrected chi connectivity index (χ0v) is 19.4. The summed E-state index contributed by atoms with van der Waals surface area (Å²) in [6.45, 7) is 10.7. The normalized spacial score (nSPS) is 12.9. The van der Waals surface area contributed by atoms with Gasteiger partial charge in [0.25, 0.3) is 0 Å². The van der Waals surface area contributed by atoms with Gasteiger partial charge in [0.15, 0.2) is 0 Å². The average Bonchev–Trinajstić information content (AvgIpc) is 2.79. The van der Waals surface area contributed by atoms with Gasteiger partial charge in [-0.15, -0.1) is 0 Å². The quantitative estimate of drug-likeness (QED) is 0.311. The molecule has 1 aromatic heterocycles. The van der Waals surface area contributed by atoms with E-state index < -0.39 is 0 Å². The lowest BCUT2D eigenvalue weighted by Gasteiger charge is -2.18. The lowest BCUT2D eigenvalue weighted by molar-refractivity contribution is 0.590. The van der Waals surface area contributed by atoms with Gasteiger partial charge in [-0.25, -0.2) is 4.98 Å². The van der Waals surface area contributed by atoms with Crippen molar-refractivity contribution in [3.63, 3.8) is 0 Å². The highest BCUT2D eigenvalue weighted by Gasteiger charge is 2.13. The van der Waals surface area contributed by atoms with E-state index in [0.29, 0.717) is 0 Å². The van der Waals surface area contributed by atoms with E-state index in [0.717, 1.165) is 39.6 Å². The van der Waals surface area contributed by atoms with E-state index in [1.54, 1.807) is 0 Å². The molecule has 1 heterocycles. The molecule has 0 unspecified atom stereocenters. The van der Waals surface area contributed by atoms with E-state index in [9.17, 15) is 0 Å². The molecular weight excluding hydrogens is 390 g/mol. The van der Waals surface area contributed by atoms with E-state index in [1.807, 2.05) is 56.3 Å². The summed E-state index contributed by atoms with van der Waals surface area (Å²) in [6, 6.07) is 29.0. The zero-order valence-electron chi connectivity index (χ0n) is 19.4. The van der Waals surface area contributed by atoms with Crippen LogP contribution >= 0.6 is 0 Å². The standard InChI is InChI=1S/C29H29N3/c1-20(30-24-18-16-23(17-19-24)29(3,4)5)26-13-9-14-27(32-26)21(2)31-28-15-8-11-22-10-6-7-12-25(22)28/h6-19H,1-5H3/b30-20+,31-21+. The molecule has 0 N–H and O–H groups in total. The molecule has 3 heteroatoms. The summed E-state index contributed by atoms with van der Waals surface area (Å²) >= 11 is 0. The van der Waals surface area contributed by atoms with Crippen LogP contribution in [-0.2, 0) is 5.41 Å². The summed E-state index contributed by atoms with van der Waals surface area (Å²) < 4.78 is 0. The van der Waals surface area contributed by atoms with E-state index in [-0.39, 0.29) is 5.41 Å². The summed E-state index contributed by atoms with van der Waals surface area (Å²) in [4.78, 5) is 14.5. The van der Waals surface area contributed by atoms with Crippen molar-refractivity contribution in [3.8, 4) is 0 Å². The highest BCUT2D eigenvalue weighted by atomic mass is 14.8. The van der Waals surface area contributed by atoms with Crippen molar-refractivity contribution < 1.29 is 0 Å². The Bertz CT molecular complexity index is 1300. The van der Waals surface area contributed by atoms with E-state index in [1.165, 1.54) is 10.9 Å². The predicted octanol–water partition coefficient (Wildman–Crippen LogP) is 7.81. The number of rotatable bonds is 4. The third-order valence-corrected chi connectivity index (χ3v) is 5.58. The molecule has 0 aliphatic carbocycles. The molecule has 0 aliphatic rings. The number of hydrogen-bond acceptors (Lipinski definition) is 3. The van der Waals surface area contributed by atoms with Gasteiger partial charge in [0, 0.05) is 5.39 Å². The lowest BCUT2D eigenvalue weighted by Crippen LogP contribution is -2.10. The second kappa shape index (κ2) is 8.88. The fourth-order valence-corrected chi connectivity index (χ4v) is 3.67. The summed E-state index contributed by atoms with van der Waals surface area (Å²) in [5, 5.41) is 2.32. The van der Waals surface area contributed by atoms with Gasteiger partial charge < -0.3 is 0 Å². The number of hydrogen-bond donors (Lipinski definition) is 0. The molecule has 0 radical (unpaired) electrons. The Morgan fingerprint density at radius 1 is 0.656 bits per heavy atom. The Balaban J connectivity index is 1.63. The van der Waals surface area contributed by atoms with E-state index >= 15 is 0 Å². The van der Waals surface area contributed by atoms with Crippen LogP contribution in [0.1, 0.15) is 51.6 Å². The molecule has 4 rings (SSSR count). The average molecular weight is 420 g/mol. The number of nitrogens with zero attached hydrogens (tertiary/aromatic N) is 3. The van der Waals surface area contributed by atoms with Crippen molar-refractivity contribution in [2.75, 3.05) is 0 Å². The lowest BCUT2D eigenvalue weighted by atomic mass is 9.87. The van der Waals surface area contributed by atoms with Gasteiger partial charge >= 0.3 is 0 Å². The van der Waals surface area contributed by atoms with Crippen molar-refractivity contribution in [1.29, 1.82) is 0 Å². The van der Waals surface area contributed by atoms with Crippen molar-refractivity contribution in [3.05, 3.63) is 102 Å². The van der Waals surface area contributed by atoms with Crippen LogP contribution in [0.25, 0.3) is 10.8 Å². The summed E-state index contributed by atoms with van der Waals surface area (Å²) in [5.41, 5.74) is 6.80. The molecule has 0 aliphatic heterocycles. The molecule has 0 saturated heterocycles. The first kappa shape index (κ1) is 21.6. The van der Waals surface area contributed by atoms with Crippen molar-refractivity contribution in [1.82, 2.24) is 4.98 Å². The van der Waals surface area contributed by atoms with Gasteiger partial charge in [0.05, 0.1) is 34.2 Å². The second-order valence-corrected chi connectivity index (χ2v) is 9.10. The number of fused-ring (bicyclic) bond motifs is 1. The van der Waals surface area contributed by atoms with Crippen LogP contribution in [0.2, 0.25) is 0 Å². The Morgan fingerprint density at radius 3 is 1.94 bits per heavy atom. The van der Waals surface area contributed by atoms with Gasteiger partial charge in [-0.2, -0.15) is 0 Å². The van der Waals surface area contributed by atoms with E-state index in [4.69, 9.17) is 15.0 Å². The molecule has 0 saturated carbocycles. The number of aliphatic imine (C=N–C) groups is 2. The number of pyridine rings is 1. The third-order valence-electron chi connectivity index (χ3n) is 5.58. The molecule has 0 amide bonds. The van der Waals surface area contributed by atoms with Crippen LogP contribution in [0.15, 0.2) is 94.9 Å². The van der Waals surface area contributed by atoms with Gasteiger partial charge in [-0.05, 0) is 60.5 Å². The molecule has 4 aromatic rings. The van der Waals surface area contributed by atoms with Crippen LogP contribution < -0.4 is 0 Å². The number of aromatic nitrogens is 1. The van der Waals surface area contributed by atoms with Gasteiger partial charge in [-0.1, -0.05) is 75.4 Å². The minimum atomic E-state index is 0.133. The Labute approximate surface area is 190 Å². The summed E-state index contributed by atoms with van der Waals surface area (Å²) in [7, 11) is 0. The largest absolute Gasteiger partial charge is 0.252 e. The number of benzene rings is 3. The Morgan fingerprint density at radius 2 is 1.25 bits per heavy atom. The molecule has 160 valence electrons. The first-order chi connectivity index (χ1) is 15.3. The maximum atomic E-state index is 4.89. The summed E-state index contributed by atoms with van der Waals surface area (Å²) in [5.74, 6) is 0. The first-order valence-electron chi connectivity index (χ1n) is 11.0. The predicted molar refractivity (Wildman–Crippen MR) is 137 cm³/mol. The Kier molecular flexibility index (Phi) is 6.00. The smallest absolute Gasteiger partial charge is 0.0849 e. The molecule has 0 fully saturated rings. The molecule has 3 aromatic carbocycles. The van der Waals surface area contributed by atoms with Crippen molar-refractivity contribution >= 4 is 33.6 Å². The topological polar surface area (TPSA) is 37.6 Å². The SMILES string of the molecule is C/C(=N\c1ccc(C(C)(C)C)cc1)c1cccc(/C(C)=N/c2cccc3ccccc23)n1.